The molecule has 0 amide bonds. The standard InChI is InChI=1S/C20H14FNOS/c1-22-17-11-8-13-4-2-3-5-16(13)20(17)24-19(22)12-18(23)14-6-9-15(21)10-7-14/h2-12H,1H3. The lowest BCUT2D eigenvalue weighted by atomic mass is 10.1. The zero-order chi connectivity index (χ0) is 16.7. The van der Waals surface area contributed by atoms with Crippen LogP contribution in [0, 0.1) is 5.82 Å². The largest absolute Gasteiger partial charge is 0.338 e. The Labute approximate surface area is 143 Å². The molecule has 0 saturated carbocycles. The van der Waals surface area contributed by atoms with Gasteiger partial charge in [-0.05, 0) is 41.1 Å². The SMILES string of the molecule is CN1C(=CC(=O)c2ccc(F)cc2)Sc2c1ccc1ccccc21. The van der Waals surface area contributed by atoms with E-state index in [-0.39, 0.29) is 11.6 Å². The molecule has 2 nitrogen and oxygen atoms in total. The van der Waals surface area contributed by atoms with Crippen molar-refractivity contribution >= 4 is 34.0 Å². The van der Waals surface area contributed by atoms with E-state index in [1.165, 1.54) is 35.0 Å². The second-order valence-corrected chi connectivity index (χ2v) is 6.68. The highest BCUT2D eigenvalue weighted by atomic mass is 32.2. The number of carbonyl (C=O) groups is 1. The van der Waals surface area contributed by atoms with E-state index in [1.54, 1.807) is 17.8 Å². The van der Waals surface area contributed by atoms with Crippen LogP contribution in [0.5, 0.6) is 0 Å². The number of hydrogen-bond acceptors (Lipinski definition) is 3. The smallest absolute Gasteiger partial charge is 0.188 e. The fourth-order valence-electron chi connectivity index (χ4n) is 2.83. The number of allylic oxidation sites excluding steroid dienone is 1. The molecule has 118 valence electrons. The van der Waals surface area contributed by atoms with Gasteiger partial charge in [-0.3, -0.25) is 4.79 Å². The van der Waals surface area contributed by atoms with E-state index >= 15 is 0 Å². The van der Waals surface area contributed by atoms with Crippen molar-refractivity contribution in [2.75, 3.05) is 11.9 Å². The molecule has 0 radical (unpaired) electrons. The average Bonchev–Trinajstić information content (AvgIpc) is 2.92. The van der Waals surface area contributed by atoms with E-state index in [0.717, 1.165) is 15.6 Å². The molecule has 0 aromatic heterocycles. The number of rotatable bonds is 2. The van der Waals surface area contributed by atoms with Crippen LogP contribution in [-0.4, -0.2) is 12.8 Å². The van der Waals surface area contributed by atoms with Gasteiger partial charge in [-0.2, -0.15) is 0 Å². The number of ketones is 1. The van der Waals surface area contributed by atoms with E-state index < -0.39 is 0 Å². The van der Waals surface area contributed by atoms with Gasteiger partial charge in [-0.1, -0.05) is 42.1 Å². The van der Waals surface area contributed by atoms with Crippen molar-refractivity contribution in [3.05, 3.63) is 83.1 Å². The molecular formula is C20H14FNOS. The van der Waals surface area contributed by atoms with Crippen LogP contribution in [-0.2, 0) is 0 Å². The van der Waals surface area contributed by atoms with E-state index in [1.807, 2.05) is 24.1 Å². The first-order chi connectivity index (χ1) is 11.6. The van der Waals surface area contributed by atoms with Gasteiger partial charge in [-0.25, -0.2) is 4.39 Å². The Bertz CT molecular complexity index is 979. The third-order valence-electron chi connectivity index (χ3n) is 4.14. The number of benzene rings is 3. The molecule has 0 atom stereocenters. The van der Waals surface area contributed by atoms with Crippen molar-refractivity contribution in [3.63, 3.8) is 0 Å². The van der Waals surface area contributed by atoms with Crippen LogP contribution < -0.4 is 4.90 Å². The summed E-state index contributed by atoms with van der Waals surface area (Å²) in [5, 5.41) is 3.24. The summed E-state index contributed by atoms with van der Waals surface area (Å²) in [6.45, 7) is 0. The molecule has 3 aromatic rings. The number of anilines is 1. The molecule has 0 bridgehead atoms. The molecule has 24 heavy (non-hydrogen) atoms. The first kappa shape index (κ1) is 15.0. The summed E-state index contributed by atoms with van der Waals surface area (Å²) in [6, 6.07) is 18.0. The molecule has 1 heterocycles. The van der Waals surface area contributed by atoms with Crippen LogP contribution in [0.15, 0.2) is 76.7 Å². The van der Waals surface area contributed by atoms with Gasteiger partial charge in [0, 0.05) is 23.6 Å². The van der Waals surface area contributed by atoms with Gasteiger partial charge in [0.25, 0.3) is 0 Å². The summed E-state index contributed by atoms with van der Waals surface area (Å²) in [5.74, 6) is -0.466. The van der Waals surface area contributed by atoms with Gasteiger partial charge in [-0.15, -0.1) is 0 Å². The minimum absolute atomic E-state index is 0.124. The molecule has 0 unspecified atom stereocenters. The quantitative estimate of drug-likeness (QED) is 0.471. The fourth-order valence-corrected chi connectivity index (χ4v) is 4.05. The summed E-state index contributed by atoms with van der Waals surface area (Å²) in [5.41, 5.74) is 1.58. The van der Waals surface area contributed by atoms with Crippen LogP contribution in [0.4, 0.5) is 10.1 Å². The van der Waals surface area contributed by atoms with Crippen molar-refractivity contribution in [2.45, 2.75) is 4.90 Å². The fraction of sp³-hybridized carbons (Fsp3) is 0.0500. The summed E-state index contributed by atoms with van der Waals surface area (Å²) in [6.07, 6.45) is 1.62. The van der Waals surface area contributed by atoms with Gasteiger partial charge >= 0.3 is 0 Å². The number of halogens is 1. The first-order valence-corrected chi connectivity index (χ1v) is 8.40. The third kappa shape index (κ3) is 2.49. The van der Waals surface area contributed by atoms with Crippen molar-refractivity contribution in [1.82, 2.24) is 0 Å². The summed E-state index contributed by atoms with van der Waals surface area (Å²) < 4.78 is 13.0. The van der Waals surface area contributed by atoms with Crippen LogP contribution >= 0.6 is 11.8 Å². The maximum atomic E-state index is 13.0. The van der Waals surface area contributed by atoms with E-state index in [4.69, 9.17) is 0 Å². The minimum Gasteiger partial charge on any atom is -0.338 e. The topological polar surface area (TPSA) is 20.3 Å². The molecule has 1 aliphatic heterocycles. The molecule has 3 aromatic carbocycles. The normalized spacial score (nSPS) is 15.1. The van der Waals surface area contributed by atoms with Gasteiger partial charge < -0.3 is 4.90 Å². The molecule has 1 aliphatic rings. The predicted octanol–water partition coefficient (Wildman–Crippen LogP) is 5.25. The number of fused-ring (bicyclic) bond motifs is 3. The lowest BCUT2D eigenvalue weighted by Gasteiger charge is -2.13. The highest BCUT2D eigenvalue weighted by Crippen LogP contribution is 2.48. The maximum Gasteiger partial charge on any atom is 0.188 e. The Morgan fingerprint density at radius 2 is 1.79 bits per heavy atom. The van der Waals surface area contributed by atoms with Crippen molar-refractivity contribution in [3.8, 4) is 0 Å². The number of thioether (sulfide) groups is 1. The lowest BCUT2D eigenvalue weighted by molar-refractivity contribution is 0.104. The minimum atomic E-state index is -0.342. The number of carbonyl (C=O) groups excluding carboxylic acids is 1. The molecule has 4 rings (SSSR count). The molecule has 4 heteroatoms. The first-order valence-electron chi connectivity index (χ1n) is 7.58. The zero-order valence-electron chi connectivity index (χ0n) is 13.0. The van der Waals surface area contributed by atoms with Crippen molar-refractivity contribution in [1.29, 1.82) is 0 Å². The van der Waals surface area contributed by atoms with Crippen LogP contribution in [0.1, 0.15) is 10.4 Å². The molecule has 0 spiro atoms. The van der Waals surface area contributed by atoms with E-state index in [2.05, 4.69) is 24.3 Å². The third-order valence-corrected chi connectivity index (χ3v) is 5.37. The van der Waals surface area contributed by atoms with Gasteiger partial charge in [0.1, 0.15) is 5.82 Å². The number of nitrogens with zero attached hydrogens (tertiary/aromatic N) is 1. The second-order valence-electron chi connectivity index (χ2n) is 5.65. The van der Waals surface area contributed by atoms with Crippen molar-refractivity contribution in [2.24, 2.45) is 0 Å². The number of hydrogen-bond donors (Lipinski definition) is 0. The molecule has 0 fully saturated rings. The maximum absolute atomic E-state index is 13.0. The Morgan fingerprint density at radius 1 is 1.04 bits per heavy atom. The predicted molar refractivity (Wildman–Crippen MR) is 97.0 cm³/mol. The van der Waals surface area contributed by atoms with E-state index in [9.17, 15) is 9.18 Å². The second kappa shape index (κ2) is 5.80. The summed E-state index contributed by atoms with van der Waals surface area (Å²) >= 11 is 1.59. The Hall–Kier alpha value is -2.59. The highest BCUT2D eigenvalue weighted by Gasteiger charge is 2.24. The molecular weight excluding hydrogens is 321 g/mol. The Morgan fingerprint density at radius 3 is 2.58 bits per heavy atom. The molecule has 0 aliphatic carbocycles. The summed E-state index contributed by atoms with van der Waals surface area (Å²) in [7, 11) is 1.96. The van der Waals surface area contributed by atoms with Crippen LogP contribution in [0.3, 0.4) is 0 Å². The Kier molecular flexibility index (Phi) is 3.62. The van der Waals surface area contributed by atoms with Crippen molar-refractivity contribution < 1.29 is 9.18 Å². The van der Waals surface area contributed by atoms with Gasteiger partial charge in [0.05, 0.1) is 10.7 Å². The highest BCUT2D eigenvalue weighted by molar-refractivity contribution is 8.04. The van der Waals surface area contributed by atoms with Gasteiger partial charge in [0.2, 0.25) is 0 Å². The average molecular weight is 335 g/mol. The summed E-state index contributed by atoms with van der Waals surface area (Å²) in [4.78, 5) is 15.6. The molecule has 0 saturated heterocycles. The monoisotopic (exact) mass is 335 g/mol. The Balaban J connectivity index is 1.72. The van der Waals surface area contributed by atoms with Gasteiger partial charge in [0.15, 0.2) is 5.78 Å². The lowest BCUT2D eigenvalue weighted by Crippen LogP contribution is -2.11. The van der Waals surface area contributed by atoms with E-state index in [0.29, 0.717) is 5.56 Å². The van der Waals surface area contributed by atoms with Crippen LogP contribution in [0.2, 0.25) is 0 Å². The van der Waals surface area contributed by atoms with Crippen LogP contribution in [0.25, 0.3) is 10.8 Å². The molecule has 0 N–H and O–H groups in total. The zero-order valence-corrected chi connectivity index (χ0v) is 13.8.